The van der Waals surface area contributed by atoms with Gasteiger partial charge in [0.2, 0.25) is 0 Å². The largest absolute Gasteiger partial charge is 0.370 e. The molecule has 11 N–H and O–H groups in total. The third kappa shape index (κ3) is 18.6. The molecule has 0 radical (unpaired) electrons. The van der Waals surface area contributed by atoms with E-state index in [1.165, 1.54) is 38.5 Å². The van der Waals surface area contributed by atoms with Crippen molar-refractivity contribution in [3.63, 3.8) is 0 Å². The highest BCUT2D eigenvalue weighted by Gasteiger charge is 2.05. The molecule has 164 valence electrons. The van der Waals surface area contributed by atoms with E-state index in [2.05, 4.69) is 9.98 Å². The maximum Gasteiger partial charge on any atom is 0.188 e. The van der Waals surface area contributed by atoms with Crippen molar-refractivity contribution < 1.29 is 0 Å². The van der Waals surface area contributed by atoms with Crippen LogP contribution in [0.5, 0.6) is 0 Å². The molecule has 9 nitrogen and oxygen atoms in total. The molecule has 0 unspecified atom stereocenters. The van der Waals surface area contributed by atoms with Gasteiger partial charge in [0, 0.05) is 26.2 Å². The Morgan fingerprint density at radius 1 is 0.536 bits per heavy atom. The highest BCUT2D eigenvalue weighted by atomic mass is 15.2. The number of guanidine groups is 3. The first-order valence-electron chi connectivity index (χ1n) is 10.6. The average Bonchev–Trinajstić information content (AvgIpc) is 2.62. The second-order valence-corrected chi connectivity index (χ2v) is 7.23. The van der Waals surface area contributed by atoms with Gasteiger partial charge in [-0.2, -0.15) is 0 Å². The average molecular weight is 398 g/mol. The number of hydrogen-bond acceptors (Lipinski definition) is 3. The van der Waals surface area contributed by atoms with Crippen molar-refractivity contribution in [2.45, 2.75) is 77.0 Å². The van der Waals surface area contributed by atoms with Gasteiger partial charge < -0.3 is 33.6 Å². The van der Waals surface area contributed by atoms with Gasteiger partial charge in [0.15, 0.2) is 17.9 Å². The molecule has 0 atom stereocenters. The number of hydrogen-bond donors (Lipinski definition) is 6. The van der Waals surface area contributed by atoms with Gasteiger partial charge in [0.1, 0.15) is 0 Å². The van der Waals surface area contributed by atoms with Crippen molar-refractivity contribution in [2.24, 2.45) is 38.7 Å². The number of rotatable bonds is 18. The van der Waals surface area contributed by atoms with E-state index in [-0.39, 0.29) is 17.9 Å². The summed E-state index contributed by atoms with van der Waals surface area (Å²) >= 11 is 0. The maximum atomic E-state index is 7.74. The number of nitrogens with zero attached hydrogens (tertiary/aromatic N) is 3. The zero-order chi connectivity index (χ0) is 21.0. The van der Waals surface area contributed by atoms with Gasteiger partial charge >= 0.3 is 0 Å². The number of nitrogens with one attached hydrogen (secondary N) is 1. The summed E-state index contributed by atoms with van der Waals surface area (Å²) in [6.07, 6.45) is 13.7. The van der Waals surface area contributed by atoms with Crippen LogP contribution in [0.2, 0.25) is 0 Å². The molecule has 0 aromatic heterocycles. The number of unbranched alkanes of at least 4 members (excludes halogenated alkanes) is 10. The third-order valence-electron chi connectivity index (χ3n) is 4.60. The maximum absolute atomic E-state index is 7.74. The molecule has 0 aliphatic carbocycles. The molecule has 0 aromatic rings. The summed E-state index contributed by atoms with van der Waals surface area (Å²) in [6, 6.07) is 0. The summed E-state index contributed by atoms with van der Waals surface area (Å²) in [5.41, 5.74) is 26.9. The second-order valence-electron chi connectivity index (χ2n) is 7.23. The van der Waals surface area contributed by atoms with Crippen LogP contribution in [-0.2, 0) is 0 Å². The van der Waals surface area contributed by atoms with Crippen LogP contribution >= 0.6 is 0 Å². The fraction of sp³-hybridized carbons (Fsp3) is 0.842. The van der Waals surface area contributed by atoms with Gasteiger partial charge in [0.05, 0.1) is 0 Å². The summed E-state index contributed by atoms with van der Waals surface area (Å²) in [4.78, 5) is 9.96. The molecular weight excluding hydrogens is 354 g/mol. The van der Waals surface area contributed by atoms with Crippen LogP contribution in [0.15, 0.2) is 9.98 Å². The molecule has 0 rings (SSSR count). The van der Waals surface area contributed by atoms with Gasteiger partial charge in [0.25, 0.3) is 0 Å². The molecule has 0 spiro atoms. The zero-order valence-corrected chi connectivity index (χ0v) is 17.5. The molecular formula is C19H43N9. The van der Waals surface area contributed by atoms with E-state index in [9.17, 15) is 0 Å². The Bertz CT molecular complexity index is 407. The van der Waals surface area contributed by atoms with Crippen LogP contribution in [0.4, 0.5) is 0 Å². The van der Waals surface area contributed by atoms with E-state index < -0.39 is 0 Å². The topological polar surface area (TPSA) is 182 Å². The summed E-state index contributed by atoms with van der Waals surface area (Å²) in [6.45, 7) is 3.19. The van der Waals surface area contributed by atoms with Gasteiger partial charge in [-0.25, -0.2) is 0 Å². The summed E-state index contributed by atoms with van der Waals surface area (Å²) in [5, 5.41) is 7.74. The van der Waals surface area contributed by atoms with E-state index in [0.29, 0.717) is 0 Å². The minimum Gasteiger partial charge on any atom is -0.370 e. The molecule has 0 fully saturated rings. The molecule has 0 aliphatic rings. The first kappa shape index (κ1) is 25.8. The van der Waals surface area contributed by atoms with Crippen LogP contribution < -0.4 is 28.7 Å². The van der Waals surface area contributed by atoms with E-state index >= 15 is 0 Å². The highest BCUT2D eigenvalue weighted by Crippen LogP contribution is 2.09. The number of aliphatic imine (C=N–C) groups is 2. The van der Waals surface area contributed by atoms with Gasteiger partial charge in [-0.3, -0.25) is 15.4 Å². The van der Waals surface area contributed by atoms with Crippen LogP contribution in [-0.4, -0.2) is 49.0 Å². The molecule has 0 saturated heterocycles. The van der Waals surface area contributed by atoms with E-state index in [1.54, 1.807) is 0 Å². The first-order chi connectivity index (χ1) is 13.4. The second kappa shape index (κ2) is 18.2. The van der Waals surface area contributed by atoms with E-state index in [4.69, 9.17) is 34.1 Å². The van der Waals surface area contributed by atoms with Crippen LogP contribution in [0.3, 0.4) is 0 Å². The highest BCUT2D eigenvalue weighted by molar-refractivity contribution is 5.76. The Labute approximate surface area is 170 Å². The third-order valence-corrected chi connectivity index (χ3v) is 4.60. The Kier molecular flexibility index (Phi) is 16.8. The minimum absolute atomic E-state index is 0.173. The Morgan fingerprint density at radius 3 is 1.18 bits per heavy atom. The summed E-state index contributed by atoms with van der Waals surface area (Å²) < 4.78 is 0. The Balaban J connectivity index is 3.57. The van der Waals surface area contributed by atoms with E-state index in [0.717, 1.165) is 64.7 Å². The molecule has 0 aromatic carbocycles. The van der Waals surface area contributed by atoms with Crippen molar-refractivity contribution in [1.82, 2.24) is 4.90 Å². The lowest BCUT2D eigenvalue weighted by atomic mass is 10.1. The number of nitrogens with two attached hydrogens (primary N) is 5. The molecule has 28 heavy (non-hydrogen) atoms. The quantitative estimate of drug-likeness (QED) is 0.115. The lowest BCUT2D eigenvalue weighted by Crippen LogP contribution is -2.37. The van der Waals surface area contributed by atoms with Crippen LogP contribution in [0, 0.1) is 5.41 Å². The molecule has 0 amide bonds. The molecule has 0 heterocycles. The molecule has 9 heteroatoms. The minimum atomic E-state index is 0.173. The smallest absolute Gasteiger partial charge is 0.188 e. The van der Waals surface area contributed by atoms with Crippen molar-refractivity contribution in [1.29, 1.82) is 5.41 Å². The van der Waals surface area contributed by atoms with Crippen molar-refractivity contribution in [3.8, 4) is 0 Å². The van der Waals surface area contributed by atoms with Crippen LogP contribution in [0.25, 0.3) is 0 Å². The Hall–Kier alpha value is -2.19. The summed E-state index contributed by atoms with van der Waals surface area (Å²) in [7, 11) is 0. The normalized spacial score (nSPS) is 10.4. The lowest BCUT2D eigenvalue weighted by Gasteiger charge is -2.22. The lowest BCUT2D eigenvalue weighted by molar-refractivity contribution is 0.378. The fourth-order valence-corrected chi connectivity index (χ4v) is 3.01. The Morgan fingerprint density at radius 2 is 0.857 bits per heavy atom. The first-order valence-corrected chi connectivity index (χ1v) is 10.6. The van der Waals surface area contributed by atoms with Crippen molar-refractivity contribution >= 4 is 17.9 Å². The predicted octanol–water partition coefficient (Wildman–Crippen LogP) is 1.41. The standard InChI is InChI=1S/C19H43N9/c20-17(21)26-13-9-5-1-3-7-11-15-28(19(24)25)16-12-8-4-2-6-10-14-27-18(22)23/h1-16H2,(H3,24,25)(H4,20,21,26)(H4,22,23,27). The SMILES string of the molecule is N=C(N)N(CCCCCCCCN=C(N)N)CCCCCCCCN=C(N)N. The van der Waals surface area contributed by atoms with Gasteiger partial charge in [-0.05, 0) is 25.7 Å². The van der Waals surface area contributed by atoms with Crippen LogP contribution in [0.1, 0.15) is 77.0 Å². The van der Waals surface area contributed by atoms with Crippen molar-refractivity contribution in [2.75, 3.05) is 26.2 Å². The monoisotopic (exact) mass is 397 g/mol. The zero-order valence-electron chi connectivity index (χ0n) is 17.5. The predicted molar refractivity (Wildman–Crippen MR) is 120 cm³/mol. The van der Waals surface area contributed by atoms with Gasteiger partial charge in [-0.1, -0.05) is 51.4 Å². The summed E-state index contributed by atoms with van der Waals surface area (Å²) in [5.74, 6) is 0.536. The van der Waals surface area contributed by atoms with Gasteiger partial charge in [-0.15, -0.1) is 0 Å². The van der Waals surface area contributed by atoms with Crippen molar-refractivity contribution in [3.05, 3.63) is 0 Å². The van der Waals surface area contributed by atoms with E-state index in [1.807, 2.05) is 4.90 Å². The fourth-order valence-electron chi connectivity index (χ4n) is 3.01. The molecule has 0 aliphatic heterocycles. The molecule has 0 bridgehead atoms. The molecule has 0 saturated carbocycles.